The second-order valence-electron chi connectivity index (χ2n) is 5.35. The zero-order valence-electron chi connectivity index (χ0n) is 13.0. The lowest BCUT2D eigenvalue weighted by Gasteiger charge is -2.25. The molecule has 0 radical (unpaired) electrons. The zero-order valence-corrected chi connectivity index (χ0v) is 13.0. The lowest BCUT2D eigenvalue weighted by Crippen LogP contribution is -2.14. The van der Waals surface area contributed by atoms with Crippen LogP contribution in [0, 0.1) is 11.8 Å². The molecule has 1 atom stereocenters. The summed E-state index contributed by atoms with van der Waals surface area (Å²) in [5.74, 6) is 0.594. The molecule has 1 aliphatic carbocycles. The molecule has 0 aromatic rings. The van der Waals surface area contributed by atoms with E-state index in [-0.39, 0.29) is 0 Å². The molecule has 0 amide bonds. The summed E-state index contributed by atoms with van der Waals surface area (Å²) in [5, 5.41) is 8.74. The van der Waals surface area contributed by atoms with Gasteiger partial charge in [-0.2, -0.15) is 0 Å². The molecule has 1 N–H and O–H groups in total. The summed E-state index contributed by atoms with van der Waals surface area (Å²) in [6.45, 7) is 5.96. The Labute approximate surface area is 123 Å². The summed E-state index contributed by atoms with van der Waals surface area (Å²) in [6.07, 6.45) is 10.9. The standard InChI is InChI=1S/C12H22O2.C4H8O2/c1-2-10(9-12(13)14)8-11-6-4-3-5-7-11;1-3-4-6-5-2/h10-11H,2-9H2,1H3,(H,13,14);3H,1,4H2,2H3. The highest BCUT2D eigenvalue weighted by Gasteiger charge is 2.19. The van der Waals surface area contributed by atoms with Crippen molar-refractivity contribution in [1.82, 2.24) is 0 Å². The van der Waals surface area contributed by atoms with E-state index in [9.17, 15) is 4.79 Å². The van der Waals surface area contributed by atoms with E-state index in [0.29, 0.717) is 18.9 Å². The fourth-order valence-electron chi connectivity index (χ4n) is 2.65. The molecule has 1 unspecified atom stereocenters. The Hall–Kier alpha value is -0.870. The van der Waals surface area contributed by atoms with Gasteiger partial charge in [-0.1, -0.05) is 51.5 Å². The number of hydrogen-bond donors (Lipinski definition) is 1. The second-order valence-corrected chi connectivity index (χ2v) is 5.35. The van der Waals surface area contributed by atoms with Crippen molar-refractivity contribution in [3.63, 3.8) is 0 Å². The smallest absolute Gasteiger partial charge is 0.303 e. The first-order chi connectivity index (χ1) is 9.63. The molecule has 0 spiro atoms. The van der Waals surface area contributed by atoms with Crippen molar-refractivity contribution in [2.45, 2.75) is 58.3 Å². The van der Waals surface area contributed by atoms with Crippen LogP contribution in [0.3, 0.4) is 0 Å². The van der Waals surface area contributed by atoms with Crippen LogP contribution in [0.2, 0.25) is 0 Å². The van der Waals surface area contributed by atoms with Crippen LogP contribution in [0.15, 0.2) is 12.7 Å². The second kappa shape index (κ2) is 13.1. The molecule has 4 nitrogen and oxygen atoms in total. The van der Waals surface area contributed by atoms with Gasteiger partial charge in [0.25, 0.3) is 0 Å². The van der Waals surface area contributed by atoms with Gasteiger partial charge < -0.3 is 5.11 Å². The number of aliphatic carboxylic acids is 1. The Morgan fingerprint density at radius 3 is 2.45 bits per heavy atom. The third kappa shape index (κ3) is 11.0. The molecule has 1 saturated carbocycles. The molecule has 0 heterocycles. The summed E-state index contributed by atoms with van der Waals surface area (Å²) in [6, 6.07) is 0. The van der Waals surface area contributed by atoms with E-state index in [1.165, 1.54) is 39.2 Å². The molecule has 4 heteroatoms. The van der Waals surface area contributed by atoms with Gasteiger partial charge in [0, 0.05) is 6.42 Å². The first-order valence-corrected chi connectivity index (χ1v) is 7.62. The van der Waals surface area contributed by atoms with Gasteiger partial charge in [-0.05, 0) is 18.3 Å². The lowest BCUT2D eigenvalue weighted by molar-refractivity contribution is -0.263. The van der Waals surface area contributed by atoms with E-state index in [2.05, 4.69) is 23.3 Å². The molecular formula is C16H30O4. The van der Waals surface area contributed by atoms with Crippen LogP contribution in [0.5, 0.6) is 0 Å². The van der Waals surface area contributed by atoms with Crippen molar-refractivity contribution in [2.24, 2.45) is 11.8 Å². The van der Waals surface area contributed by atoms with Crippen molar-refractivity contribution in [3.05, 3.63) is 12.7 Å². The molecule has 20 heavy (non-hydrogen) atoms. The fourth-order valence-corrected chi connectivity index (χ4v) is 2.65. The van der Waals surface area contributed by atoms with Crippen LogP contribution < -0.4 is 0 Å². The van der Waals surface area contributed by atoms with Gasteiger partial charge in [0.15, 0.2) is 0 Å². The monoisotopic (exact) mass is 286 g/mol. The van der Waals surface area contributed by atoms with Crippen LogP contribution in [-0.4, -0.2) is 24.8 Å². The van der Waals surface area contributed by atoms with Crippen LogP contribution in [-0.2, 0) is 14.6 Å². The predicted octanol–water partition coefficient (Wildman–Crippen LogP) is 4.21. The van der Waals surface area contributed by atoms with Gasteiger partial charge in [0.2, 0.25) is 0 Å². The average Bonchev–Trinajstić information content (AvgIpc) is 2.45. The minimum absolute atomic E-state index is 0.368. The van der Waals surface area contributed by atoms with Crippen LogP contribution in [0.25, 0.3) is 0 Å². The van der Waals surface area contributed by atoms with Crippen LogP contribution >= 0.6 is 0 Å². The maximum absolute atomic E-state index is 10.6. The van der Waals surface area contributed by atoms with Gasteiger partial charge in [0.05, 0.1) is 7.11 Å². The van der Waals surface area contributed by atoms with Crippen molar-refractivity contribution >= 4 is 5.97 Å². The highest BCUT2D eigenvalue weighted by molar-refractivity contribution is 5.66. The van der Waals surface area contributed by atoms with E-state index >= 15 is 0 Å². The maximum Gasteiger partial charge on any atom is 0.303 e. The molecule has 118 valence electrons. The normalized spacial score (nSPS) is 16.9. The average molecular weight is 286 g/mol. The molecule has 0 aliphatic heterocycles. The Morgan fingerprint density at radius 2 is 2.05 bits per heavy atom. The summed E-state index contributed by atoms with van der Waals surface area (Å²) < 4.78 is 0. The molecular weight excluding hydrogens is 256 g/mol. The van der Waals surface area contributed by atoms with Crippen LogP contribution in [0.1, 0.15) is 58.3 Å². The summed E-state index contributed by atoms with van der Waals surface area (Å²) in [5.41, 5.74) is 0. The van der Waals surface area contributed by atoms with E-state index < -0.39 is 5.97 Å². The summed E-state index contributed by atoms with van der Waals surface area (Å²) >= 11 is 0. The lowest BCUT2D eigenvalue weighted by atomic mass is 9.81. The third-order valence-corrected chi connectivity index (χ3v) is 3.74. The number of carboxylic acids is 1. The molecule has 0 bridgehead atoms. The van der Waals surface area contributed by atoms with Gasteiger partial charge >= 0.3 is 5.97 Å². The van der Waals surface area contributed by atoms with Crippen molar-refractivity contribution in [1.29, 1.82) is 0 Å². The Bertz CT molecular complexity index is 247. The zero-order chi connectivity index (χ0) is 15.2. The van der Waals surface area contributed by atoms with Crippen LogP contribution in [0.4, 0.5) is 0 Å². The molecule has 0 aromatic carbocycles. The molecule has 1 aliphatic rings. The van der Waals surface area contributed by atoms with Gasteiger partial charge in [-0.3, -0.25) is 4.79 Å². The highest BCUT2D eigenvalue weighted by atomic mass is 17.2. The quantitative estimate of drug-likeness (QED) is 0.314. The summed E-state index contributed by atoms with van der Waals surface area (Å²) in [4.78, 5) is 19.2. The van der Waals surface area contributed by atoms with Gasteiger partial charge in [0.1, 0.15) is 6.61 Å². The van der Waals surface area contributed by atoms with E-state index in [1.807, 2.05) is 0 Å². The third-order valence-electron chi connectivity index (χ3n) is 3.74. The molecule has 1 fully saturated rings. The van der Waals surface area contributed by atoms with Crippen molar-refractivity contribution in [2.75, 3.05) is 13.7 Å². The van der Waals surface area contributed by atoms with E-state index in [4.69, 9.17) is 5.11 Å². The van der Waals surface area contributed by atoms with Gasteiger partial charge in [-0.25, -0.2) is 9.78 Å². The largest absolute Gasteiger partial charge is 0.481 e. The molecule has 0 saturated heterocycles. The Morgan fingerprint density at radius 1 is 1.40 bits per heavy atom. The van der Waals surface area contributed by atoms with Crippen molar-refractivity contribution in [3.8, 4) is 0 Å². The van der Waals surface area contributed by atoms with E-state index in [1.54, 1.807) is 6.08 Å². The Kier molecular flexibility index (Phi) is 12.6. The molecule has 1 rings (SSSR count). The minimum atomic E-state index is -0.632. The first-order valence-electron chi connectivity index (χ1n) is 7.62. The number of rotatable bonds is 8. The number of carbonyl (C=O) groups is 1. The first kappa shape index (κ1) is 19.1. The SMILES string of the molecule is C=CCOOC.CCC(CC(=O)O)CC1CCCCC1. The van der Waals surface area contributed by atoms with Gasteiger partial charge in [-0.15, -0.1) is 6.58 Å². The Balaban J connectivity index is 0.000000511. The van der Waals surface area contributed by atoms with Crippen molar-refractivity contribution < 1.29 is 19.7 Å². The molecule has 0 aromatic heterocycles. The minimum Gasteiger partial charge on any atom is -0.481 e. The topological polar surface area (TPSA) is 55.8 Å². The summed E-state index contributed by atoms with van der Waals surface area (Å²) in [7, 11) is 1.46. The number of carboxylic acid groups (broad SMARTS) is 1. The predicted molar refractivity (Wildman–Crippen MR) is 80.4 cm³/mol. The highest BCUT2D eigenvalue weighted by Crippen LogP contribution is 2.31. The van der Waals surface area contributed by atoms with E-state index in [0.717, 1.165) is 18.8 Å². The maximum atomic E-state index is 10.6. The fraction of sp³-hybridized carbons (Fsp3) is 0.812. The number of hydrogen-bond acceptors (Lipinski definition) is 3.